The van der Waals surface area contributed by atoms with Gasteiger partial charge in [-0.3, -0.25) is 0 Å². The number of hydrogen-bond donors (Lipinski definition) is 1. The highest BCUT2D eigenvalue weighted by Crippen LogP contribution is 2.30. The van der Waals surface area contributed by atoms with Crippen molar-refractivity contribution in [2.24, 2.45) is 5.73 Å². The van der Waals surface area contributed by atoms with E-state index in [9.17, 15) is 0 Å². The van der Waals surface area contributed by atoms with Gasteiger partial charge >= 0.3 is 0 Å². The van der Waals surface area contributed by atoms with E-state index in [-0.39, 0.29) is 6.04 Å². The van der Waals surface area contributed by atoms with Crippen molar-refractivity contribution >= 4 is 11.6 Å². The first-order valence-electron chi connectivity index (χ1n) is 6.98. The average molecular weight is 306 g/mol. The van der Waals surface area contributed by atoms with Gasteiger partial charge in [0, 0.05) is 17.1 Å². The molecule has 2 rings (SSSR count). The highest BCUT2D eigenvalue weighted by molar-refractivity contribution is 6.30. The molecule has 0 fully saturated rings. The second kappa shape index (κ2) is 7.34. The van der Waals surface area contributed by atoms with E-state index in [0.29, 0.717) is 5.02 Å². The fourth-order valence-corrected chi connectivity index (χ4v) is 2.22. The highest BCUT2D eigenvalue weighted by Gasteiger charge is 2.10. The zero-order valence-electron chi connectivity index (χ0n) is 12.3. The quantitative estimate of drug-likeness (QED) is 0.859. The molecule has 0 radical (unpaired) electrons. The van der Waals surface area contributed by atoms with Crippen molar-refractivity contribution in [2.45, 2.75) is 25.8 Å². The molecule has 0 saturated carbocycles. The Bertz CT molecular complexity index is 601. The molecule has 112 valence electrons. The maximum Gasteiger partial charge on any atom is 0.131 e. The second-order valence-corrected chi connectivity index (χ2v) is 5.34. The highest BCUT2D eigenvalue weighted by atomic mass is 35.5. The van der Waals surface area contributed by atoms with Crippen LogP contribution >= 0.6 is 11.6 Å². The minimum absolute atomic E-state index is 0.0936. The molecule has 0 aliphatic carbocycles. The largest absolute Gasteiger partial charge is 0.497 e. The lowest BCUT2D eigenvalue weighted by Crippen LogP contribution is -2.21. The Morgan fingerprint density at radius 3 is 2.62 bits per heavy atom. The third-order valence-electron chi connectivity index (χ3n) is 3.30. The van der Waals surface area contributed by atoms with E-state index >= 15 is 0 Å². The standard InChI is InChI=1S/C17H20ClNO2/c1-3-14(19)10-12-9-13(18)7-8-17(12)21-16-6-4-5-15(11-16)20-2/h4-9,11,14H,3,10,19H2,1-2H3. The molecular weight excluding hydrogens is 286 g/mol. The predicted molar refractivity (Wildman–Crippen MR) is 86.5 cm³/mol. The topological polar surface area (TPSA) is 44.5 Å². The minimum atomic E-state index is 0.0936. The summed E-state index contributed by atoms with van der Waals surface area (Å²) in [7, 11) is 1.63. The maximum atomic E-state index is 6.08. The Morgan fingerprint density at radius 2 is 1.90 bits per heavy atom. The molecule has 2 aromatic rings. The molecule has 3 nitrogen and oxygen atoms in total. The van der Waals surface area contributed by atoms with Crippen LogP contribution in [0.2, 0.25) is 5.02 Å². The fourth-order valence-electron chi connectivity index (χ4n) is 2.03. The van der Waals surface area contributed by atoms with Crippen LogP contribution in [0.25, 0.3) is 0 Å². The molecule has 2 N–H and O–H groups in total. The number of benzene rings is 2. The number of methoxy groups -OCH3 is 1. The molecule has 0 aliphatic heterocycles. The van der Waals surface area contributed by atoms with Gasteiger partial charge in [-0.05, 0) is 48.7 Å². The summed E-state index contributed by atoms with van der Waals surface area (Å²) in [5.74, 6) is 2.26. The number of hydrogen-bond acceptors (Lipinski definition) is 3. The number of halogens is 1. The summed E-state index contributed by atoms with van der Waals surface area (Å²) in [5, 5.41) is 0.686. The summed E-state index contributed by atoms with van der Waals surface area (Å²) >= 11 is 6.08. The van der Waals surface area contributed by atoms with Gasteiger partial charge in [0.1, 0.15) is 17.2 Å². The first-order chi connectivity index (χ1) is 10.1. The molecule has 0 bridgehead atoms. The Labute approximate surface area is 130 Å². The van der Waals surface area contributed by atoms with Crippen LogP contribution in [0, 0.1) is 0 Å². The Kier molecular flexibility index (Phi) is 5.48. The predicted octanol–water partition coefficient (Wildman–Crippen LogP) is 4.42. The summed E-state index contributed by atoms with van der Waals surface area (Å²) in [5.41, 5.74) is 7.06. The van der Waals surface area contributed by atoms with E-state index < -0.39 is 0 Å². The third kappa shape index (κ3) is 4.38. The molecule has 0 spiro atoms. The van der Waals surface area contributed by atoms with Crippen LogP contribution in [0.4, 0.5) is 0 Å². The Hall–Kier alpha value is -1.71. The van der Waals surface area contributed by atoms with Gasteiger partial charge in [-0.15, -0.1) is 0 Å². The first-order valence-corrected chi connectivity index (χ1v) is 7.36. The van der Waals surface area contributed by atoms with E-state index in [1.165, 1.54) is 0 Å². The molecule has 1 atom stereocenters. The zero-order valence-corrected chi connectivity index (χ0v) is 13.1. The fraction of sp³-hybridized carbons (Fsp3) is 0.294. The van der Waals surface area contributed by atoms with Crippen molar-refractivity contribution in [2.75, 3.05) is 7.11 Å². The molecule has 4 heteroatoms. The summed E-state index contributed by atoms with van der Waals surface area (Å²) in [4.78, 5) is 0. The van der Waals surface area contributed by atoms with Crippen LogP contribution in [0.3, 0.4) is 0 Å². The Morgan fingerprint density at radius 1 is 1.14 bits per heavy atom. The molecule has 0 amide bonds. The van der Waals surface area contributed by atoms with E-state index in [4.69, 9.17) is 26.8 Å². The molecule has 1 unspecified atom stereocenters. The van der Waals surface area contributed by atoms with E-state index in [2.05, 4.69) is 6.92 Å². The number of rotatable bonds is 6. The smallest absolute Gasteiger partial charge is 0.131 e. The monoisotopic (exact) mass is 305 g/mol. The van der Waals surface area contributed by atoms with Crippen molar-refractivity contribution in [3.8, 4) is 17.2 Å². The van der Waals surface area contributed by atoms with Gasteiger partial charge in [0.15, 0.2) is 0 Å². The summed E-state index contributed by atoms with van der Waals surface area (Å²) < 4.78 is 11.2. The normalized spacial score (nSPS) is 12.0. The summed E-state index contributed by atoms with van der Waals surface area (Å²) in [6, 6.07) is 13.2. The molecule has 21 heavy (non-hydrogen) atoms. The third-order valence-corrected chi connectivity index (χ3v) is 3.53. The second-order valence-electron chi connectivity index (χ2n) is 4.91. The van der Waals surface area contributed by atoms with Gasteiger partial charge in [0.2, 0.25) is 0 Å². The van der Waals surface area contributed by atoms with Crippen molar-refractivity contribution in [3.05, 3.63) is 53.1 Å². The Balaban J connectivity index is 2.25. The first kappa shape index (κ1) is 15.7. The molecule has 0 heterocycles. The molecule has 2 aromatic carbocycles. The maximum absolute atomic E-state index is 6.08. The van der Waals surface area contributed by atoms with E-state index in [1.807, 2.05) is 42.5 Å². The van der Waals surface area contributed by atoms with Gasteiger partial charge < -0.3 is 15.2 Å². The summed E-state index contributed by atoms with van der Waals surface area (Å²) in [6.45, 7) is 2.07. The van der Waals surface area contributed by atoms with Crippen molar-refractivity contribution in [1.29, 1.82) is 0 Å². The van der Waals surface area contributed by atoms with Crippen molar-refractivity contribution in [1.82, 2.24) is 0 Å². The van der Waals surface area contributed by atoms with E-state index in [0.717, 1.165) is 35.7 Å². The van der Waals surface area contributed by atoms with Gasteiger partial charge in [0.25, 0.3) is 0 Å². The SMILES string of the molecule is CCC(N)Cc1cc(Cl)ccc1Oc1cccc(OC)c1. The van der Waals surface area contributed by atoms with Crippen LogP contribution in [-0.2, 0) is 6.42 Å². The average Bonchev–Trinajstić information content (AvgIpc) is 2.50. The molecular formula is C17H20ClNO2. The molecule has 0 aromatic heterocycles. The van der Waals surface area contributed by atoms with Crippen LogP contribution in [0.15, 0.2) is 42.5 Å². The minimum Gasteiger partial charge on any atom is -0.497 e. The van der Waals surface area contributed by atoms with Crippen LogP contribution < -0.4 is 15.2 Å². The van der Waals surface area contributed by atoms with Crippen molar-refractivity contribution in [3.63, 3.8) is 0 Å². The number of nitrogens with two attached hydrogens (primary N) is 1. The van der Waals surface area contributed by atoms with Gasteiger partial charge in [-0.25, -0.2) is 0 Å². The lowest BCUT2D eigenvalue weighted by molar-refractivity contribution is 0.408. The van der Waals surface area contributed by atoms with Crippen LogP contribution in [0.1, 0.15) is 18.9 Å². The van der Waals surface area contributed by atoms with Gasteiger partial charge in [0.05, 0.1) is 7.11 Å². The molecule has 0 saturated heterocycles. The molecule has 0 aliphatic rings. The van der Waals surface area contributed by atoms with E-state index in [1.54, 1.807) is 7.11 Å². The lowest BCUT2D eigenvalue weighted by atomic mass is 10.0. The van der Waals surface area contributed by atoms with Gasteiger partial charge in [-0.1, -0.05) is 24.6 Å². The van der Waals surface area contributed by atoms with Crippen LogP contribution in [-0.4, -0.2) is 13.2 Å². The summed E-state index contributed by atoms with van der Waals surface area (Å²) in [6.07, 6.45) is 1.64. The number of ether oxygens (including phenoxy) is 2. The van der Waals surface area contributed by atoms with Crippen LogP contribution in [0.5, 0.6) is 17.2 Å². The van der Waals surface area contributed by atoms with Gasteiger partial charge in [-0.2, -0.15) is 0 Å². The lowest BCUT2D eigenvalue weighted by Gasteiger charge is -2.15. The van der Waals surface area contributed by atoms with Crippen molar-refractivity contribution < 1.29 is 9.47 Å². The zero-order chi connectivity index (χ0) is 15.2.